The second-order valence-electron chi connectivity index (χ2n) is 5.74. The van der Waals surface area contributed by atoms with Crippen molar-refractivity contribution in [1.29, 1.82) is 0 Å². The van der Waals surface area contributed by atoms with Crippen molar-refractivity contribution in [2.75, 3.05) is 12.5 Å². The molecule has 0 saturated heterocycles. The Kier molecular flexibility index (Phi) is 5.24. The van der Waals surface area contributed by atoms with Crippen LogP contribution in [0.4, 0.5) is 5.69 Å². The maximum atomic E-state index is 5.23. The fourth-order valence-corrected chi connectivity index (χ4v) is 3.01. The van der Waals surface area contributed by atoms with E-state index in [0.29, 0.717) is 0 Å². The van der Waals surface area contributed by atoms with Crippen molar-refractivity contribution in [3.8, 4) is 11.4 Å². The molecule has 0 unspecified atom stereocenters. The van der Waals surface area contributed by atoms with Gasteiger partial charge in [0.25, 0.3) is 0 Å². The smallest absolute Gasteiger partial charge is 0.119 e. The minimum atomic E-state index is 0.853. The third-order valence-electron chi connectivity index (χ3n) is 4.04. The van der Waals surface area contributed by atoms with Crippen LogP contribution in [0.25, 0.3) is 5.69 Å². The monoisotopic (exact) mass is 397 g/mol. The molecular formula is C20H20BrN3O. The highest BCUT2D eigenvalue weighted by Crippen LogP contribution is 2.22. The zero-order chi connectivity index (χ0) is 17.8. The Morgan fingerprint density at radius 1 is 1.04 bits per heavy atom. The standard InChI is InChI=1S/C20H20BrN3O/c1-14-12-16(13-22-23-18-6-4-17(21)5-7-18)15(2)24(14)19-8-10-20(25-3)11-9-19/h4-13,23H,1-3H3/b22-13+. The molecule has 25 heavy (non-hydrogen) atoms. The van der Waals surface area contributed by atoms with Gasteiger partial charge >= 0.3 is 0 Å². The number of aryl methyl sites for hydroxylation is 1. The van der Waals surface area contributed by atoms with Crippen LogP contribution >= 0.6 is 15.9 Å². The second-order valence-corrected chi connectivity index (χ2v) is 6.65. The third kappa shape index (κ3) is 3.94. The Morgan fingerprint density at radius 2 is 1.72 bits per heavy atom. The third-order valence-corrected chi connectivity index (χ3v) is 4.57. The van der Waals surface area contributed by atoms with Gasteiger partial charge in [0.2, 0.25) is 0 Å². The summed E-state index contributed by atoms with van der Waals surface area (Å²) in [5.41, 5.74) is 8.49. The summed E-state index contributed by atoms with van der Waals surface area (Å²) in [6.07, 6.45) is 1.85. The zero-order valence-corrected chi connectivity index (χ0v) is 16.0. The largest absolute Gasteiger partial charge is 0.497 e. The minimum absolute atomic E-state index is 0.853. The lowest BCUT2D eigenvalue weighted by atomic mass is 10.2. The van der Waals surface area contributed by atoms with Gasteiger partial charge in [0, 0.05) is 27.1 Å². The van der Waals surface area contributed by atoms with E-state index in [-0.39, 0.29) is 0 Å². The van der Waals surface area contributed by atoms with Crippen LogP contribution in [-0.4, -0.2) is 17.9 Å². The second kappa shape index (κ2) is 7.57. The SMILES string of the molecule is COc1ccc(-n2c(C)cc(/C=N/Nc3ccc(Br)cc3)c2C)cc1. The van der Waals surface area contributed by atoms with Gasteiger partial charge in [-0.05, 0) is 68.4 Å². The van der Waals surface area contributed by atoms with E-state index in [2.05, 4.69) is 63.1 Å². The van der Waals surface area contributed by atoms with Gasteiger partial charge in [-0.15, -0.1) is 0 Å². The number of methoxy groups -OCH3 is 1. The molecule has 1 aromatic heterocycles. The van der Waals surface area contributed by atoms with Crippen molar-refractivity contribution < 1.29 is 4.74 Å². The van der Waals surface area contributed by atoms with Crippen molar-refractivity contribution in [3.63, 3.8) is 0 Å². The van der Waals surface area contributed by atoms with Crippen molar-refractivity contribution in [3.05, 3.63) is 76.0 Å². The molecule has 0 spiro atoms. The highest BCUT2D eigenvalue weighted by Gasteiger charge is 2.09. The number of benzene rings is 2. The van der Waals surface area contributed by atoms with Gasteiger partial charge in [-0.25, -0.2) is 0 Å². The Bertz CT molecular complexity index is 881. The normalized spacial score (nSPS) is 11.0. The van der Waals surface area contributed by atoms with Crippen LogP contribution < -0.4 is 10.2 Å². The zero-order valence-electron chi connectivity index (χ0n) is 14.5. The van der Waals surface area contributed by atoms with E-state index < -0.39 is 0 Å². The maximum Gasteiger partial charge on any atom is 0.119 e. The molecular weight excluding hydrogens is 378 g/mol. The fourth-order valence-electron chi connectivity index (χ4n) is 2.75. The molecule has 0 radical (unpaired) electrons. The molecule has 5 heteroatoms. The lowest BCUT2D eigenvalue weighted by Crippen LogP contribution is -2.00. The molecule has 0 aliphatic rings. The predicted molar refractivity (Wildman–Crippen MR) is 107 cm³/mol. The molecule has 0 fully saturated rings. The van der Waals surface area contributed by atoms with Gasteiger partial charge in [0.05, 0.1) is 19.0 Å². The number of hydrogen-bond donors (Lipinski definition) is 1. The van der Waals surface area contributed by atoms with Crippen LogP contribution in [0.5, 0.6) is 5.75 Å². The maximum absolute atomic E-state index is 5.23. The quantitative estimate of drug-likeness (QED) is 0.467. The van der Waals surface area contributed by atoms with Crippen LogP contribution in [-0.2, 0) is 0 Å². The number of halogens is 1. The number of ether oxygens (including phenoxy) is 1. The summed E-state index contributed by atoms with van der Waals surface area (Å²) in [5, 5.41) is 4.35. The van der Waals surface area contributed by atoms with E-state index in [1.165, 1.54) is 0 Å². The Hall–Kier alpha value is -2.53. The summed E-state index contributed by atoms with van der Waals surface area (Å²) in [6.45, 7) is 4.19. The number of rotatable bonds is 5. The van der Waals surface area contributed by atoms with E-state index in [1.54, 1.807) is 7.11 Å². The molecule has 4 nitrogen and oxygen atoms in total. The molecule has 1 N–H and O–H groups in total. The Morgan fingerprint density at radius 3 is 2.36 bits per heavy atom. The molecule has 0 saturated carbocycles. The number of anilines is 1. The fraction of sp³-hybridized carbons (Fsp3) is 0.150. The molecule has 128 valence electrons. The summed E-state index contributed by atoms with van der Waals surface area (Å²) in [6, 6.07) is 18.1. The number of aromatic nitrogens is 1. The van der Waals surface area contributed by atoms with Crippen molar-refractivity contribution in [2.45, 2.75) is 13.8 Å². The van der Waals surface area contributed by atoms with E-state index >= 15 is 0 Å². The average Bonchev–Trinajstić information content (AvgIpc) is 2.90. The predicted octanol–water partition coefficient (Wildman–Crippen LogP) is 5.31. The molecule has 1 heterocycles. The van der Waals surface area contributed by atoms with Gasteiger partial charge in [0.15, 0.2) is 0 Å². The van der Waals surface area contributed by atoms with Crippen LogP contribution in [0.3, 0.4) is 0 Å². The van der Waals surface area contributed by atoms with Gasteiger partial charge < -0.3 is 9.30 Å². The minimum Gasteiger partial charge on any atom is -0.497 e. The van der Waals surface area contributed by atoms with Gasteiger partial charge in [0.1, 0.15) is 5.75 Å². The molecule has 0 aliphatic carbocycles. The van der Waals surface area contributed by atoms with Crippen LogP contribution in [0, 0.1) is 13.8 Å². The molecule has 3 aromatic rings. The van der Waals surface area contributed by atoms with Crippen LogP contribution in [0.2, 0.25) is 0 Å². The first-order valence-corrected chi connectivity index (χ1v) is 8.76. The summed E-state index contributed by atoms with van der Waals surface area (Å²) in [7, 11) is 1.67. The van der Waals surface area contributed by atoms with E-state index in [0.717, 1.165) is 38.5 Å². The highest BCUT2D eigenvalue weighted by molar-refractivity contribution is 9.10. The number of hydrazone groups is 1. The average molecular weight is 398 g/mol. The first-order chi connectivity index (χ1) is 12.1. The summed E-state index contributed by atoms with van der Waals surface area (Å²) in [4.78, 5) is 0. The van der Waals surface area contributed by atoms with E-state index in [9.17, 15) is 0 Å². The Labute approximate surface area is 156 Å². The van der Waals surface area contributed by atoms with Crippen LogP contribution in [0.1, 0.15) is 17.0 Å². The van der Waals surface area contributed by atoms with Gasteiger partial charge in [-0.3, -0.25) is 5.43 Å². The molecule has 0 amide bonds. The lowest BCUT2D eigenvalue weighted by molar-refractivity contribution is 0.414. The lowest BCUT2D eigenvalue weighted by Gasteiger charge is -2.10. The molecule has 3 rings (SSSR count). The first-order valence-electron chi connectivity index (χ1n) is 7.96. The number of nitrogens with zero attached hydrogens (tertiary/aromatic N) is 2. The van der Waals surface area contributed by atoms with Crippen LogP contribution in [0.15, 0.2) is 64.2 Å². The molecule has 0 atom stereocenters. The van der Waals surface area contributed by atoms with Crippen molar-refractivity contribution in [1.82, 2.24) is 4.57 Å². The van der Waals surface area contributed by atoms with Gasteiger partial charge in [-0.1, -0.05) is 15.9 Å². The topological polar surface area (TPSA) is 38.5 Å². The highest BCUT2D eigenvalue weighted by atomic mass is 79.9. The number of hydrogen-bond acceptors (Lipinski definition) is 3. The van der Waals surface area contributed by atoms with Crippen molar-refractivity contribution >= 4 is 27.8 Å². The van der Waals surface area contributed by atoms with Crippen molar-refractivity contribution in [2.24, 2.45) is 5.10 Å². The molecule has 0 aliphatic heterocycles. The summed E-state index contributed by atoms with van der Waals surface area (Å²) >= 11 is 3.42. The summed E-state index contributed by atoms with van der Waals surface area (Å²) in [5.74, 6) is 0.853. The van der Waals surface area contributed by atoms with E-state index in [4.69, 9.17) is 4.74 Å². The molecule has 0 bridgehead atoms. The number of nitrogens with one attached hydrogen (secondary N) is 1. The van der Waals surface area contributed by atoms with E-state index in [1.807, 2.05) is 42.6 Å². The first kappa shape index (κ1) is 17.3. The summed E-state index contributed by atoms with van der Waals surface area (Å²) < 4.78 is 8.49. The Balaban J connectivity index is 1.81. The van der Waals surface area contributed by atoms with Gasteiger partial charge in [-0.2, -0.15) is 5.10 Å². The molecule has 2 aromatic carbocycles.